The molecule has 106 valence electrons. The predicted octanol–water partition coefficient (Wildman–Crippen LogP) is 1.71. The number of rotatable bonds is 5. The van der Waals surface area contributed by atoms with Crippen LogP contribution in [0.15, 0.2) is 18.2 Å². The van der Waals surface area contributed by atoms with Crippen molar-refractivity contribution < 1.29 is 14.6 Å². The Balaban J connectivity index is 2.38. The third-order valence-electron chi connectivity index (χ3n) is 2.80. The molecule has 0 heterocycles. The predicted molar refractivity (Wildman–Crippen MR) is 74.2 cm³/mol. The third-order valence-corrected chi connectivity index (χ3v) is 2.80. The minimum atomic E-state index is -0.648. The van der Waals surface area contributed by atoms with Gasteiger partial charge in [-0.1, -0.05) is 6.07 Å². The number of carbonyl (C=O) groups is 1. The average Bonchev–Trinajstić information content (AvgIpc) is 2.33. The van der Waals surface area contributed by atoms with Crippen LogP contribution in [-0.2, 0) is 0 Å². The smallest absolute Gasteiger partial charge is 0.317 e. The van der Waals surface area contributed by atoms with Crippen LogP contribution in [0.3, 0.4) is 0 Å². The van der Waals surface area contributed by atoms with E-state index in [1.807, 2.05) is 32.0 Å². The van der Waals surface area contributed by atoms with Gasteiger partial charge in [-0.2, -0.15) is 0 Å². The van der Waals surface area contributed by atoms with Crippen molar-refractivity contribution in [2.75, 3.05) is 13.3 Å². The molecule has 0 radical (unpaired) electrons. The minimum Gasteiger partial charge on any atom is -0.473 e. The lowest BCUT2D eigenvalue weighted by molar-refractivity contribution is 0.176. The number of hydrogen-bond donors (Lipinski definition) is 3. The highest BCUT2D eigenvalue weighted by Crippen LogP contribution is 2.15. The van der Waals surface area contributed by atoms with Gasteiger partial charge in [0.1, 0.15) is 5.75 Å². The van der Waals surface area contributed by atoms with Crippen molar-refractivity contribution in [3.63, 3.8) is 0 Å². The van der Waals surface area contributed by atoms with E-state index in [1.54, 1.807) is 13.8 Å². The van der Waals surface area contributed by atoms with Crippen LogP contribution in [-0.4, -0.2) is 30.0 Å². The molecule has 0 aliphatic carbocycles. The summed E-state index contributed by atoms with van der Waals surface area (Å²) in [7, 11) is 0. The second-order valence-electron chi connectivity index (χ2n) is 5.21. The molecule has 0 atom stereocenters. The van der Waals surface area contributed by atoms with E-state index in [9.17, 15) is 4.79 Å². The van der Waals surface area contributed by atoms with Gasteiger partial charge >= 0.3 is 6.03 Å². The molecule has 0 saturated carbocycles. The summed E-state index contributed by atoms with van der Waals surface area (Å²) in [6.07, 6.45) is 0. The molecule has 1 aromatic carbocycles. The van der Waals surface area contributed by atoms with Crippen molar-refractivity contribution in [3.8, 4) is 5.75 Å². The largest absolute Gasteiger partial charge is 0.473 e. The van der Waals surface area contributed by atoms with E-state index in [0.29, 0.717) is 5.75 Å². The molecule has 5 heteroatoms. The van der Waals surface area contributed by atoms with Crippen molar-refractivity contribution in [2.45, 2.75) is 33.2 Å². The Bertz CT molecular complexity index is 444. The summed E-state index contributed by atoms with van der Waals surface area (Å²) in [5.74, 6) is 0.713. The van der Waals surface area contributed by atoms with E-state index >= 15 is 0 Å². The second-order valence-corrected chi connectivity index (χ2v) is 5.21. The van der Waals surface area contributed by atoms with Gasteiger partial charge in [0.05, 0.1) is 12.1 Å². The molecule has 19 heavy (non-hydrogen) atoms. The molecule has 3 N–H and O–H groups in total. The Labute approximate surface area is 114 Å². The maximum Gasteiger partial charge on any atom is 0.317 e. The molecule has 0 bridgehead atoms. The number of carbonyl (C=O) groups excluding carboxylic acids is 1. The molecule has 0 spiro atoms. The maximum atomic E-state index is 11.5. The number of ether oxygens (including phenoxy) is 1. The van der Waals surface area contributed by atoms with Crippen LogP contribution < -0.4 is 15.4 Å². The summed E-state index contributed by atoms with van der Waals surface area (Å²) in [6.45, 7) is 7.45. The number of urea groups is 1. The summed E-state index contributed by atoms with van der Waals surface area (Å²) < 4.78 is 5.43. The molecule has 1 aromatic rings. The molecule has 0 saturated heterocycles. The Hall–Kier alpha value is -1.75. The highest BCUT2D eigenvalue weighted by atomic mass is 16.5. The van der Waals surface area contributed by atoms with E-state index in [-0.39, 0.29) is 19.4 Å². The summed E-state index contributed by atoms with van der Waals surface area (Å²) >= 11 is 0. The Morgan fingerprint density at radius 3 is 2.58 bits per heavy atom. The van der Waals surface area contributed by atoms with Gasteiger partial charge in [0.2, 0.25) is 0 Å². The van der Waals surface area contributed by atoms with Gasteiger partial charge in [-0.05, 0) is 51.0 Å². The van der Waals surface area contributed by atoms with E-state index < -0.39 is 5.54 Å². The van der Waals surface area contributed by atoms with Gasteiger partial charge < -0.3 is 20.5 Å². The standard InChI is InChI=1S/C14H22N2O3/c1-10-5-6-12(7-11(10)2)19-9-15-13(18)16-14(3,4)8-17/h5-7,17H,8-9H2,1-4H3,(H2,15,16,18). The fraction of sp³-hybridized carbons (Fsp3) is 0.500. The molecular formula is C14H22N2O3. The summed E-state index contributed by atoms with van der Waals surface area (Å²) in [5, 5.41) is 14.2. The summed E-state index contributed by atoms with van der Waals surface area (Å²) in [5.41, 5.74) is 1.69. The Kier molecular flexibility index (Phi) is 5.18. The van der Waals surface area contributed by atoms with Crippen molar-refractivity contribution in [1.29, 1.82) is 0 Å². The molecule has 2 amide bonds. The topological polar surface area (TPSA) is 70.6 Å². The van der Waals surface area contributed by atoms with Crippen LogP contribution in [0.2, 0.25) is 0 Å². The number of nitrogens with one attached hydrogen (secondary N) is 2. The van der Waals surface area contributed by atoms with Gasteiger partial charge in [0, 0.05) is 0 Å². The van der Waals surface area contributed by atoms with Gasteiger partial charge in [-0.15, -0.1) is 0 Å². The molecular weight excluding hydrogens is 244 g/mol. The van der Waals surface area contributed by atoms with Gasteiger partial charge in [0.15, 0.2) is 6.73 Å². The first-order chi connectivity index (χ1) is 8.84. The van der Waals surface area contributed by atoms with Crippen molar-refractivity contribution in [1.82, 2.24) is 10.6 Å². The van der Waals surface area contributed by atoms with E-state index in [1.165, 1.54) is 5.56 Å². The average molecular weight is 266 g/mol. The van der Waals surface area contributed by atoms with Gasteiger partial charge in [0.25, 0.3) is 0 Å². The van der Waals surface area contributed by atoms with Crippen molar-refractivity contribution in [2.24, 2.45) is 0 Å². The van der Waals surface area contributed by atoms with Gasteiger partial charge in [-0.25, -0.2) is 4.79 Å². The van der Waals surface area contributed by atoms with Gasteiger partial charge in [-0.3, -0.25) is 0 Å². The highest BCUT2D eigenvalue weighted by molar-refractivity contribution is 5.74. The Morgan fingerprint density at radius 2 is 2.00 bits per heavy atom. The first kappa shape index (κ1) is 15.3. The van der Waals surface area contributed by atoms with Crippen LogP contribution in [0.1, 0.15) is 25.0 Å². The number of amides is 2. The van der Waals surface area contributed by atoms with E-state index in [4.69, 9.17) is 9.84 Å². The minimum absolute atomic E-state index is 0.0792. The zero-order chi connectivity index (χ0) is 14.5. The third kappa shape index (κ3) is 5.18. The monoisotopic (exact) mass is 266 g/mol. The van der Waals surface area contributed by atoms with Crippen molar-refractivity contribution in [3.05, 3.63) is 29.3 Å². The number of aliphatic hydroxyl groups excluding tert-OH is 1. The maximum absolute atomic E-state index is 11.5. The van der Waals surface area contributed by atoms with E-state index in [2.05, 4.69) is 10.6 Å². The summed E-state index contributed by atoms with van der Waals surface area (Å²) in [6, 6.07) is 5.38. The van der Waals surface area contributed by atoms with Crippen LogP contribution in [0.4, 0.5) is 4.79 Å². The lowest BCUT2D eigenvalue weighted by Gasteiger charge is -2.23. The molecule has 5 nitrogen and oxygen atoms in total. The molecule has 0 aliphatic heterocycles. The van der Waals surface area contributed by atoms with Crippen LogP contribution >= 0.6 is 0 Å². The molecule has 0 unspecified atom stereocenters. The SMILES string of the molecule is Cc1ccc(OCNC(=O)NC(C)(C)CO)cc1C. The highest BCUT2D eigenvalue weighted by Gasteiger charge is 2.18. The zero-order valence-corrected chi connectivity index (χ0v) is 11.9. The van der Waals surface area contributed by atoms with E-state index in [0.717, 1.165) is 5.56 Å². The lowest BCUT2D eigenvalue weighted by atomic mass is 10.1. The van der Waals surface area contributed by atoms with Crippen LogP contribution in [0.25, 0.3) is 0 Å². The molecule has 0 aliphatic rings. The zero-order valence-electron chi connectivity index (χ0n) is 11.9. The number of hydrogen-bond acceptors (Lipinski definition) is 3. The fourth-order valence-corrected chi connectivity index (χ4v) is 1.38. The fourth-order valence-electron chi connectivity index (χ4n) is 1.38. The number of aryl methyl sites for hydroxylation is 2. The number of benzene rings is 1. The number of aliphatic hydroxyl groups is 1. The summed E-state index contributed by atoms with van der Waals surface area (Å²) in [4.78, 5) is 11.5. The van der Waals surface area contributed by atoms with Crippen LogP contribution in [0.5, 0.6) is 5.75 Å². The Morgan fingerprint density at radius 1 is 1.32 bits per heavy atom. The second kappa shape index (κ2) is 6.43. The first-order valence-corrected chi connectivity index (χ1v) is 6.21. The van der Waals surface area contributed by atoms with Crippen LogP contribution in [0, 0.1) is 13.8 Å². The quantitative estimate of drug-likeness (QED) is 0.711. The molecule has 0 fully saturated rings. The normalized spacial score (nSPS) is 11.0. The van der Waals surface area contributed by atoms with Crippen molar-refractivity contribution >= 4 is 6.03 Å². The first-order valence-electron chi connectivity index (χ1n) is 6.21. The molecule has 1 rings (SSSR count). The molecule has 0 aromatic heterocycles. The lowest BCUT2D eigenvalue weighted by Crippen LogP contribution is -2.51.